The highest BCUT2D eigenvalue weighted by molar-refractivity contribution is 5.17. The quantitative estimate of drug-likeness (QED) is 0.230. The molecule has 0 aliphatic rings. The van der Waals surface area contributed by atoms with Gasteiger partial charge in [-0.3, -0.25) is 0 Å². The molecule has 0 fully saturated rings. The van der Waals surface area contributed by atoms with Crippen molar-refractivity contribution in [3.05, 3.63) is 31.7 Å². The molecule has 0 saturated carbocycles. The molecule has 0 heterocycles. The van der Waals surface area contributed by atoms with Crippen molar-refractivity contribution in [2.45, 2.75) is 71.1 Å². The largest absolute Gasteiger partial charge is 0.120 e. The van der Waals surface area contributed by atoms with Gasteiger partial charge in [-0.25, -0.2) is 0 Å². The fourth-order valence-corrected chi connectivity index (χ4v) is 2.52. The van der Waals surface area contributed by atoms with Crippen molar-refractivity contribution in [1.29, 1.82) is 0 Å². The van der Waals surface area contributed by atoms with Crippen LogP contribution in [0.2, 0.25) is 0 Å². The van der Waals surface area contributed by atoms with Crippen molar-refractivity contribution in [2.75, 3.05) is 0 Å². The number of rotatable bonds is 12. The van der Waals surface area contributed by atoms with Gasteiger partial charge in [0.25, 0.3) is 0 Å². The zero-order valence-electron chi connectivity index (χ0n) is 13.8. The van der Waals surface area contributed by atoms with Crippen molar-refractivity contribution in [2.24, 2.45) is 5.41 Å². The van der Waals surface area contributed by atoms with Crippen molar-refractivity contribution >= 4 is 0 Å². The first-order valence-corrected chi connectivity index (χ1v) is 8.23. The molecule has 1 atom stereocenters. The van der Waals surface area contributed by atoms with Crippen LogP contribution in [0.25, 0.3) is 0 Å². The van der Waals surface area contributed by atoms with Crippen LogP contribution >= 0.6 is 0 Å². The second kappa shape index (κ2) is 13.6. The van der Waals surface area contributed by atoms with Gasteiger partial charge in [-0.2, -0.15) is 0 Å². The van der Waals surface area contributed by atoms with E-state index in [-0.39, 0.29) is 5.41 Å². The Morgan fingerprint density at radius 3 is 2.33 bits per heavy atom. The summed E-state index contributed by atoms with van der Waals surface area (Å²) in [5, 5.41) is 0. The highest BCUT2D eigenvalue weighted by Crippen LogP contribution is 2.33. The Morgan fingerprint density at radius 1 is 1.05 bits per heavy atom. The Morgan fingerprint density at radius 2 is 1.76 bits per heavy atom. The van der Waals surface area contributed by atoms with Gasteiger partial charge in [0.1, 0.15) is 0 Å². The van der Waals surface area contributed by atoms with Crippen LogP contribution in [-0.2, 0) is 0 Å². The maximum Gasteiger partial charge on any atom is 0.0426 e. The van der Waals surface area contributed by atoms with Crippen LogP contribution in [0.1, 0.15) is 71.1 Å². The third-order valence-corrected chi connectivity index (χ3v) is 3.79. The van der Waals surface area contributed by atoms with Gasteiger partial charge in [-0.15, -0.1) is 24.8 Å². The Balaban J connectivity index is 4.22. The van der Waals surface area contributed by atoms with Gasteiger partial charge >= 0.3 is 0 Å². The van der Waals surface area contributed by atoms with E-state index in [0.29, 0.717) is 0 Å². The van der Waals surface area contributed by atoms with Gasteiger partial charge in [0, 0.05) is 18.8 Å². The van der Waals surface area contributed by atoms with Crippen molar-refractivity contribution in [3.63, 3.8) is 0 Å². The zero-order valence-corrected chi connectivity index (χ0v) is 13.8. The predicted octanol–water partition coefficient (Wildman–Crippen LogP) is 6.11. The minimum absolute atomic E-state index is 0.0589. The standard InChI is InChI=1S/C21H31/c1-5-9-11-12-13-14-15-16-20-21(17-7-3,18-8-4)19-10-6-2/h3,6,12-13H,2,4-5,9-11,14-17,19-20H2,1H3. The van der Waals surface area contributed by atoms with E-state index in [1.807, 2.05) is 6.08 Å². The Bertz CT molecular complexity index is 382. The van der Waals surface area contributed by atoms with Gasteiger partial charge in [-0.1, -0.05) is 50.3 Å². The molecule has 115 valence electrons. The maximum absolute atomic E-state index is 5.54. The smallest absolute Gasteiger partial charge is 0.0426 e. The molecule has 0 heteroatoms. The predicted molar refractivity (Wildman–Crippen MR) is 95.6 cm³/mol. The van der Waals surface area contributed by atoms with E-state index in [0.717, 1.165) is 32.1 Å². The number of allylic oxidation sites excluding steroid dienone is 3. The summed E-state index contributed by atoms with van der Waals surface area (Å²) in [7, 11) is 0. The van der Waals surface area contributed by atoms with E-state index in [1.54, 1.807) is 0 Å². The molecule has 0 aliphatic carbocycles. The van der Waals surface area contributed by atoms with Crippen molar-refractivity contribution in [1.82, 2.24) is 0 Å². The second-order valence-corrected chi connectivity index (χ2v) is 5.65. The molecule has 0 amide bonds. The lowest BCUT2D eigenvalue weighted by molar-refractivity contribution is 0.338. The van der Waals surface area contributed by atoms with Crippen molar-refractivity contribution in [3.8, 4) is 24.2 Å². The molecule has 0 aromatic carbocycles. The fraction of sp³-hybridized carbons (Fsp3) is 0.571. The molecule has 0 nitrogen and oxygen atoms in total. The molecule has 0 aromatic heterocycles. The van der Waals surface area contributed by atoms with Crippen LogP contribution in [0.4, 0.5) is 0 Å². The lowest BCUT2D eigenvalue weighted by Gasteiger charge is -2.26. The van der Waals surface area contributed by atoms with Crippen LogP contribution in [0.3, 0.4) is 0 Å². The maximum atomic E-state index is 5.54. The molecule has 1 radical (unpaired) electrons. The summed E-state index contributed by atoms with van der Waals surface area (Å²) in [4.78, 5) is 0. The second-order valence-electron chi connectivity index (χ2n) is 5.65. The average molecular weight is 283 g/mol. The van der Waals surface area contributed by atoms with E-state index in [1.165, 1.54) is 32.1 Å². The molecule has 0 rings (SSSR count). The van der Waals surface area contributed by atoms with E-state index in [4.69, 9.17) is 6.42 Å². The topological polar surface area (TPSA) is 0 Å². The lowest BCUT2D eigenvalue weighted by Crippen LogP contribution is -2.18. The highest BCUT2D eigenvalue weighted by Gasteiger charge is 2.25. The Kier molecular flexibility index (Phi) is 12.7. The van der Waals surface area contributed by atoms with Gasteiger partial charge in [-0.05, 0) is 38.5 Å². The van der Waals surface area contributed by atoms with E-state index in [2.05, 4.69) is 50.3 Å². The first kappa shape index (κ1) is 19.6. The van der Waals surface area contributed by atoms with E-state index < -0.39 is 0 Å². The molecule has 0 aliphatic heterocycles. The summed E-state index contributed by atoms with van der Waals surface area (Å²) in [6, 6.07) is 0. The van der Waals surface area contributed by atoms with Gasteiger partial charge in [0.05, 0.1) is 0 Å². The van der Waals surface area contributed by atoms with E-state index >= 15 is 0 Å². The van der Waals surface area contributed by atoms with Gasteiger partial charge in [0.15, 0.2) is 0 Å². The highest BCUT2D eigenvalue weighted by atomic mass is 14.3. The molecule has 0 aromatic rings. The van der Waals surface area contributed by atoms with Crippen LogP contribution in [0, 0.1) is 36.5 Å². The van der Waals surface area contributed by atoms with Crippen LogP contribution in [0.15, 0.2) is 24.8 Å². The van der Waals surface area contributed by atoms with Crippen LogP contribution in [-0.4, -0.2) is 0 Å². The number of terminal acetylenes is 1. The van der Waals surface area contributed by atoms with Crippen LogP contribution < -0.4 is 0 Å². The molecule has 0 saturated heterocycles. The Hall–Kier alpha value is -1.40. The van der Waals surface area contributed by atoms with Gasteiger partial charge < -0.3 is 0 Å². The molecule has 0 N–H and O–H groups in total. The summed E-state index contributed by atoms with van der Waals surface area (Å²) in [5.74, 6) is 8.91. The third-order valence-electron chi connectivity index (χ3n) is 3.79. The fourth-order valence-electron chi connectivity index (χ4n) is 2.52. The minimum Gasteiger partial charge on any atom is -0.120 e. The molecule has 1 unspecified atom stereocenters. The first-order chi connectivity index (χ1) is 10.2. The third kappa shape index (κ3) is 10.0. The molecular weight excluding hydrogens is 252 g/mol. The van der Waals surface area contributed by atoms with E-state index in [9.17, 15) is 0 Å². The zero-order chi connectivity index (χ0) is 15.8. The molecule has 0 bridgehead atoms. The van der Waals surface area contributed by atoms with Crippen molar-refractivity contribution < 1.29 is 0 Å². The molecule has 21 heavy (non-hydrogen) atoms. The summed E-state index contributed by atoms with van der Waals surface area (Å²) in [6.07, 6.45) is 23.2. The van der Waals surface area contributed by atoms with Crippen LogP contribution in [0.5, 0.6) is 0 Å². The summed E-state index contributed by atoms with van der Waals surface area (Å²) < 4.78 is 0. The normalized spacial score (nSPS) is 13.2. The lowest BCUT2D eigenvalue weighted by atomic mass is 9.76. The first-order valence-electron chi connectivity index (χ1n) is 8.23. The molecule has 0 spiro atoms. The number of hydrogen-bond donors (Lipinski definition) is 0. The summed E-state index contributed by atoms with van der Waals surface area (Å²) >= 11 is 0. The summed E-state index contributed by atoms with van der Waals surface area (Å²) in [5.41, 5.74) is -0.0589. The monoisotopic (exact) mass is 283 g/mol. The number of hydrogen-bond acceptors (Lipinski definition) is 0. The van der Waals surface area contributed by atoms with Gasteiger partial charge in [0.2, 0.25) is 0 Å². The molecular formula is C21H31. The minimum atomic E-state index is -0.0589. The number of unbranched alkanes of at least 4 members (excludes halogenated alkanes) is 4. The summed E-state index contributed by atoms with van der Waals surface area (Å²) in [6.45, 7) is 9.71. The Labute approximate surface area is 133 Å². The SMILES string of the molecule is C#CCC(C#C[CH2])(CCC=C)CCCCC=CCCCC. The average Bonchev–Trinajstić information content (AvgIpc) is 2.48.